The van der Waals surface area contributed by atoms with Gasteiger partial charge in [0.15, 0.2) is 17.1 Å². The molecule has 1 amide bonds. The van der Waals surface area contributed by atoms with Gasteiger partial charge in [0, 0.05) is 37.0 Å². The van der Waals surface area contributed by atoms with Gasteiger partial charge in [0.05, 0.1) is 23.1 Å². The van der Waals surface area contributed by atoms with Gasteiger partial charge >= 0.3 is 6.18 Å². The summed E-state index contributed by atoms with van der Waals surface area (Å²) in [6, 6.07) is 5.50. The van der Waals surface area contributed by atoms with Gasteiger partial charge in [-0.05, 0) is 18.1 Å². The number of hydrogen-bond donors (Lipinski definition) is 1. The number of ketones is 1. The first-order chi connectivity index (χ1) is 16.1. The molecular weight excluding hydrogens is 449 g/mol. The number of hydrogen-bond acceptors (Lipinski definition) is 5. The smallest absolute Gasteiger partial charge is 0.368 e. The van der Waals surface area contributed by atoms with Crippen LogP contribution >= 0.6 is 0 Å². The lowest BCUT2D eigenvalue weighted by molar-refractivity contribution is -0.141. The number of carbonyl (C=O) groups is 2. The number of imidazole rings is 1. The zero-order valence-corrected chi connectivity index (χ0v) is 18.4. The Kier molecular flexibility index (Phi) is 5.94. The summed E-state index contributed by atoms with van der Waals surface area (Å²) in [6.07, 6.45) is 1.48. The van der Waals surface area contributed by atoms with Gasteiger partial charge in [-0.3, -0.25) is 23.7 Å². The van der Waals surface area contributed by atoms with Crippen molar-refractivity contribution in [3.8, 4) is 11.3 Å². The molecule has 3 aromatic heterocycles. The first kappa shape index (κ1) is 23.1. The number of Topliss-reactive ketones (excluding diaryl/α,β-unsaturated/α-hetero) is 1. The molecule has 0 aliphatic carbocycles. The molecule has 4 aromatic rings. The molecule has 176 valence electrons. The van der Waals surface area contributed by atoms with Crippen LogP contribution in [-0.4, -0.2) is 35.8 Å². The molecule has 0 saturated heterocycles. The average molecular weight is 470 g/mol. The van der Waals surface area contributed by atoms with Crippen LogP contribution in [0.4, 0.5) is 13.2 Å². The second-order valence-corrected chi connectivity index (χ2v) is 7.87. The molecule has 0 aliphatic heterocycles. The Morgan fingerprint density at radius 3 is 2.59 bits per heavy atom. The molecule has 0 radical (unpaired) electrons. The fourth-order valence-electron chi connectivity index (χ4n) is 3.89. The van der Waals surface area contributed by atoms with Crippen molar-refractivity contribution >= 4 is 17.3 Å². The van der Waals surface area contributed by atoms with Crippen molar-refractivity contribution in [1.29, 1.82) is 0 Å². The van der Waals surface area contributed by atoms with Crippen molar-refractivity contribution in [2.75, 3.05) is 0 Å². The summed E-state index contributed by atoms with van der Waals surface area (Å²) in [7, 11) is 0. The molecule has 0 unspecified atom stereocenters. The van der Waals surface area contributed by atoms with Crippen LogP contribution in [-0.2, 0) is 23.9 Å². The molecule has 0 aliphatic rings. The zero-order chi connectivity index (χ0) is 24.6. The highest BCUT2D eigenvalue weighted by atomic mass is 19.4. The molecule has 0 atom stereocenters. The van der Waals surface area contributed by atoms with Gasteiger partial charge < -0.3 is 5.73 Å². The number of halogens is 3. The van der Waals surface area contributed by atoms with E-state index in [1.165, 1.54) is 23.0 Å². The van der Waals surface area contributed by atoms with Gasteiger partial charge in [0.2, 0.25) is 5.91 Å². The summed E-state index contributed by atoms with van der Waals surface area (Å²) in [5.41, 5.74) is 7.24. The van der Waals surface area contributed by atoms with Gasteiger partial charge in [-0.1, -0.05) is 25.1 Å². The van der Waals surface area contributed by atoms with E-state index in [9.17, 15) is 22.8 Å². The predicted molar refractivity (Wildman–Crippen MR) is 117 cm³/mol. The first-order valence-corrected chi connectivity index (χ1v) is 10.5. The third-order valence-electron chi connectivity index (χ3n) is 5.41. The Hall–Kier alpha value is -4.02. The van der Waals surface area contributed by atoms with Gasteiger partial charge in [-0.25, -0.2) is 4.98 Å². The maximum absolute atomic E-state index is 13.7. The van der Waals surface area contributed by atoms with Crippen LogP contribution in [0, 0.1) is 6.92 Å². The summed E-state index contributed by atoms with van der Waals surface area (Å²) in [5.74, 6) is -0.756. The van der Waals surface area contributed by atoms with E-state index in [0.717, 1.165) is 22.0 Å². The highest BCUT2D eigenvalue weighted by Crippen LogP contribution is 2.36. The molecular formula is C23H21F3N6O2. The van der Waals surface area contributed by atoms with Gasteiger partial charge in [-0.15, -0.1) is 0 Å². The number of aromatic nitrogens is 5. The molecule has 8 nitrogen and oxygen atoms in total. The van der Waals surface area contributed by atoms with Crippen LogP contribution in [0.15, 0.2) is 43.0 Å². The van der Waals surface area contributed by atoms with Crippen molar-refractivity contribution in [3.63, 3.8) is 0 Å². The molecule has 4 rings (SSSR count). The lowest BCUT2D eigenvalue weighted by Crippen LogP contribution is -2.19. The van der Waals surface area contributed by atoms with Crippen LogP contribution in [0.2, 0.25) is 0 Å². The van der Waals surface area contributed by atoms with E-state index in [1.807, 2.05) is 19.1 Å². The van der Waals surface area contributed by atoms with Gasteiger partial charge in [0.1, 0.15) is 6.54 Å². The second kappa shape index (κ2) is 8.73. The molecule has 34 heavy (non-hydrogen) atoms. The highest BCUT2D eigenvalue weighted by Gasteiger charge is 2.38. The van der Waals surface area contributed by atoms with Crippen LogP contribution in [0.1, 0.15) is 46.2 Å². The molecule has 0 fully saturated rings. The Labute approximate surface area is 192 Å². The molecule has 0 saturated carbocycles. The molecule has 3 heterocycles. The Balaban J connectivity index is 1.75. The fourth-order valence-corrected chi connectivity index (χ4v) is 3.89. The predicted octanol–water partition coefficient (Wildman–Crippen LogP) is 3.59. The minimum Gasteiger partial charge on any atom is -0.368 e. The Bertz CT molecular complexity index is 1400. The lowest BCUT2D eigenvalue weighted by atomic mass is 9.98. The molecule has 0 spiro atoms. The van der Waals surface area contributed by atoms with E-state index in [1.54, 1.807) is 13.0 Å². The topological polar surface area (TPSA) is 108 Å². The number of nitrogens with zero attached hydrogens (tertiary/aromatic N) is 5. The summed E-state index contributed by atoms with van der Waals surface area (Å²) >= 11 is 0. The van der Waals surface area contributed by atoms with E-state index in [2.05, 4.69) is 15.1 Å². The third-order valence-corrected chi connectivity index (χ3v) is 5.41. The van der Waals surface area contributed by atoms with E-state index < -0.39 is 24.3 Å². The maximum atomic E-state index is 13.7. The molecule has 0 bridgehead atoms. The standard InChI is InChI=1S/C23H21F3N6O2/c1-3-19(33)15-5-4-14(8-13(15)2)9-17-22-29-10-18(32(22)7-6-28-17)16-11-31(12-20(27)34)30-21(16)23(24,25)26/h4-8,10-11H,3,9,12H2,1-2H3,(H2,27,34). The van der Waals surface area contributed by atoms with E-state index in [4.69, 9.17) is 5.73 Å². The van der Waals surface area contributed by atoms with Crippen molar-refractivity contribution in [2.24, 2.45) is 5.73 Å². The number of aryl methyl sites for hydroxylation is 1. The summed E-state index contributed by atoms with van der Waals surface area (Å²) in [5, 5.41) is 3.52. The number of amides is 1. The quantitative estimate of drug-likeness (QED) is 0.415. The van der Waals surface area contributed by atoms with Crippen LogP contribution in [0.3, 0.4) is 0 Å². The third kappa shape index (κ3) is 4.41. The van der Waals surface area contributed by atoms with Crippen LogP contribution < -0.4 is 5.73 Å². The van der Waals surface area contributed by atoms with Gasteiger partial charge in [-0.2, -0.15) is 18.3 Å². The van der Waals surface area contributed by atoms with Crippen molar-refractivity contribution in [2.45, 2.75) is 39.4 Å². The number of nitrogens with two attached hydrogens (primary N) is 1. The monoisotopic (exact) mass is 470 g/mol. The lowest BCUT2D eigenvalue weighted by Gasteiger charge is -2.09. The van der Waals surface area contributed by atoms with E-state index in [0.29, 0.717) is 29.7 Å². The zero-order valence-electron chi connectivity index (χ0n) is 18.4. The Morgan fingerprint density at radius 2 is 1.94 bits per heavy atom. The van der Waals surface area contributed by atoms with E-state index >= 15 is 0 Å². The van der Waals surface area contributed by atoms with E-state index in [-0.39, 0.29) is 17.0 Å². The molecule has 2 N–H and O–H groups in total. The van der Waals surface area contributed by atoms with Crippen LogP contribution in [0.5, 0.6) is 0 Å². The molecule has 11 heteroatoms. The average Bonchev–Trinajstić information content (AvgIpc) is 3.37. The first-order valence-electron chi connectivity index (χ1n) is 10.5. The summed E-state index contributed by atoms with van der Waals surface area (Å²) < 4.78 is 43.3. The maximum Gasteiger partial charge on any atom is 0.435 e. The number of benzene rings is 1. The van der Waals surface area contributed by atoms with Crippen molar-refractivity contribution in [3.05, 3.63) is 71.1 Å². The van der Waals surface area contributed by atoms with Gasteiger partial charge in [0.25, 0.3) is 0 Å². The van der Waals surface area contributed by atoms with Crippen molar-refractivity contribution in [1.82, 2.24) is 24.1 Å². The highest BCUT2D eigenvalue weighted by molar-refractivity contribution is 5.97. The Morgan fingerprint density at radius 1 is 1.18 bits per heavy atom. The number of fused-ring (bicyclic) bond motifs is 1. The SMILES string of the molecule is CCC(=O)c1ccc(Cc2nccn3c(-c4cn(CC(N)=O)nc4C(F)(F)F)cnc23)cc1C. The minimum absolute atomic E-state index is 0.0551. The van der Waals surface area contributed by atoms with Crippen LogP contribution in [0.25, 0.3) is 16.9 Å². The number of carbonyl (C=O) groups excluding carboxylic acids is 2. The summed E-state index contributed by atoms with van der Waals surface area (Å²) in [6.45, 7) is 3.18. The number of primary amides is 1. The molecule has 1 aromatic carbocycles. The minimum atomic E-state index is -4.74. The van der Waals surface area contributed by atoms with Crippen molar-refractivity contribution < 1.29 is 22.8 Å². The normalized spacial score (nSPS) is 11.8. The fraction of sp³-hybridized carbons (Fsp3) is 0.261. The number of rotatable bonds is 7. The largest absolute Gasteiger partial charge is 0.435 e. The second-order valence-electron chi connectivity index (χ2n) is 7.87. The summed E-state index contributed by atoms with van der Waals surface area (Å²) in [4.78, 5) is 31.9. The number of alkyl halides is 3.